The second-order valence-corrected chi connectivity index (χ2v) is 4.09. The van der Waals surface area contributed by atoms with Crippen LogP contribution in [0.4, 0.5) is 0 Å². The lowest BCUT2D eigenvalue weighted by atomic mass is 10.7. The maximum absolute atomic E-state index is 5.32. The summed E-state index contributed by atoms with van der Waals surface area (Å²) in [5.74, 6) is 0. The molecule has 4 nitrogen and oxygen atoms in total. The minimum absolute atomic E-state index is 0.334. The molecule has 0 aromatic rings. The van der Waals surface area contributed by atoms with Gasteiger partial charge in [0.05, 0.1) is 6.54 Å². The molecule has 0 atom stereocenters. The average Bonchev–Trinajstić information content (AvgIpc) is 1.84. The van der Waals surface area contributed by atoms with E-state index in [4.69, 9.17) is 30.2 Å². The average molecular weight is 242 g/mol. The summed E-state index contributed by atoms with van der Waals surface area (Å²) >= 11 is 17.2. The van der Waals surface area contributed by atoms with Crippen molar-refractivity contribution in [3.63, 3.8) is 0 Å². The fraction of sp³-hybridized carbons (Fsp3) is 0.500. The number of hydrogen-bond donors (Lipinski definition) is 5. The molecule has 12 heavy (non-hydrogen) atoms. The van der Waals surface area contributed by atoms with Gasteiger partial charge in [0.15, 0.2) is 0 Å². The summed E-state index contributed by atoms with van der Waals surface area (Å²) in [6, 6.07) is 0. The number of hydrazine groups is 2. The highest BCUT2D eigenvalue weighted by atomic mass is 32.1. The van der Waals surface area contributed by atoms with E-state index in [1.807, 2.05) is 0 Å². The molecule has 4 N–H and O–H groups in total. The highest BCUT2D eigenvalue weighted by molar-refractivity contribution is 8.11. The lowest BCUT2D eigenvalue weighted by molar-refractivity contribution is 0.209. The van der Waals surface area contributed by atoms with Crippen molar-refractivity contribution in [3.05, 3.63) is 0 Å². The summed E-state index contributed by atoms with van der Waals surface area (Å²) in [6.45, 7) is 1.01. The van der Waals surface area contributed by atoms with Gasteiger partial charge in [0, 0.05) is 6.54 Å². The molecule has 0 bridgehead atoms. The molecule has 0 aromatic heterocycles. The van der Waals surface area contributed by atoms with E-state index in [9.17, 15) is 0 Å². The minimum atomic E-state index is 0.334. The Morgan fingerprint density at radius 3 is 1.92 bits per heavy atom. The summed E-state index contributed by atoms with van der Waals surface area (Å²) in [5.41, 5.74) is 10.7. The van der Waals surface area contributed by atoms with Crippen LogP contribution in [0.1, 0.15) is 0 Å². The van der Waals surface area contributed by atoms with Crippen LogP contribution in [0.3, 0.4) is 0 Å². The van der Waals surface area contributed by atoms with Gasteiger partial charge >= 0.3 is 0 Å². The molecule has 0 spiro atoms. The summed E-state index contributed by atoms with van der Waals surface area (Å²) in [7, 11) is 0. The van der Waals surface area contributed by atoms with Crippen molar-refractivity contribution in [2.45, 2.75) is 0 Å². The van der Waals surface area contributed by atoms with E-state index in [1.54, 1.807) is 0 Å². The van der Waals surface area contributed by atoms with Gasteiger partial charge in [-0.1, -0.05) is 24.4 Å². The first-order valence-electron chi connectivity index (χ1n) is 3.03. The molecule has 0 radical (unpaired) electrons. The maximum Gasteiger partial charge on any atom is 0.146 e. The van der Waals surface area contributed by atoms with Crippen molar-refractivity contribution in [2.24, 2.45) is 5.73 Å². The Morgan fingerprint density at radius 1 is 1.25 bits per heavy atom. The molecule has 8 heteroatoms. The van der Waals surface area contributed by atoms with Gasteiger partial charge in [-0.3, -0.25) is 10.9 Å². The number of nitrogens with one attached hydrogen (secondary N) is 2. The number of nitrogens with two attached hydrogens (primary N) is 1. The van der Waals surface area contributed by atoms with Gasteiger partial charge in [-0.15, -0.1) is 30.4 Å². The van der Waals surface area contributed by atoms with Crippen LogP contribution in [-0.2, 0) is 0 Å². The molecule has 0 aromatic carbocycles. The van der Waals surface area contributed by atoms with Gasteiger partial charge in [0.25, 0.3) is 0 Å². The zero-order valence-corrected chi connectivity index (χ0v) is 9.57. The second kappa shape index (κ2) is 6.87. The van der Waals surface area contributed by atoms with Gasteiger partial charge in [-0.2, -0.15) is 0 Å². The standard InChI is InChI=1S/C4H10N4S4/c5-1-2-8(6-3(9)10)7-4(11)12/h1-2,5H2,(H2,6,9,10)(H2,7,11,12). The molecule has 70 valence electrons. The molecule has 0 aliphatic rings. The Hall–Kier alpha value is 0.400. The van der Waals surface area contributed by atoms with Gasteiger partial charge in [-0.25, -0.2) is 0 Å². The van der Waals surface area contributed by atoms with Gasteiger partial charge in [-0.05, 0) is 0 Å². The second-order valence-electron chi connectivity index (χ2n) is 1.77. The fourth-order valence-corrected chi connectivity index (χ4v) is 0.962. The van der Waals surface area contributed by atoms with Crippen molar-refractivity contribution in [1.29, 1.82) is 0 Å². The molecule has 0 amide bonds. The van der Waals surface area contributed by atoms with E-state index in [0.717, 1.165) is 0 Å². The van der Waals surface area contributed by atoms with Crippen LogP contribution in [0.2, 0.25) is 0 Å². The van der Waals surface area contributed by atoms with E-state index in [2.05, 4.69) is 36.1 Å². The molecule has 0 aliphatic heterocycles. The topological polar surface area (TPSA) is 53.3 Å². The number of thiocarbonyl (C=S) groups is 2. The monoisotopic (exact) mass is 242 g/mol. The van der Waals surface area contributed by atoms with Gasteiger partial charge in [0.2, 0.25) is 0 Å². The highest BCUT2D eigenvalue weighted by Crippen LogP contribution is 1.84. The molecule has 0 aliphatic carbocycles. The van der Waals surface area contributed by atoms with Crippen molar-refractivity contribution < 1.29 is 0 Å². The fourth-order valence-electron chi connectivity index (χ4n) is 0.500. The lowest BCUT2D eigenvalue weighted by Gasteiger charge is -2.22. The van der Waals surface area contributed by atoms with Crippen molar-refractivity contribution in [3.8, 4) is 0 Å². The molecule has 0 saturated heterocycles. The third kappa shape index (κ3) is 7.07. The molecule has 0 heterocycles. The first-order chi connectivity index (χ1) is 5.56. The molecule has 0 fully saturated rings. The molecular weight excluding hydrogens is 232 g/mol. The number of nitrogens with zero attached hydrogens (tertiary/aromatic N) is 1. The summed E-state index contributed by atoms with van der Waals surface area (Å²) in [4.78, 5) is 0. The smallest absolute Gasteiger partial charge is 0.146 e. The molecule has 0 unspecified atom stereocenters. The Labute approximate surface area is 93.0 Å². The Kier molecular flexibility index (Phi) is 7.10. The van der Waals surface area contributed by atoms with E-state index in [-0.39, 0.29) is 0 Å². The number of rotatable bonds is 4. The maximum atomic E-state index is 5.32. The summed E-state index contributed by atoms with van der Waals surface area (Å²) in [6.07, 6.45) is 0. The van der Waals surface area contributed by atoms with Crippen molar-refractivity contribution >= 4 is 58.3 Å². The summed E-state index contributed by atoms with van der Waals surface area (Å²) in [5, 5.41) is 1.52. The first-order valence-corrected chi connectivity index (χ1v) is 4.74. The normalized spacial score (nSPS) is 9.67. The zero-order valence-electron chi connectivity index (χ0n) is 6.15. The van der Waals surface area contributed by atoms with E-state index >= 15 is 0 Å². The summed E-state index contributed by atoms with van der Waals surface area (Å²) < 4.78 is 0.668. The largest absolute Gasteiger partial charge is 0.329 e. The van der Waals surface area contributed by atoms with Gasteiger partial charge in [0.1, 0.15) is 8.64 Å². The molecular formula is C4H10N4S4. The van der Waals surface area contributed by atoms with Crippen LogP contribution in [0.5, 0.6) is 0 Å². The quantitative estimate of drug-likeness (QED) is 0.265. The van der Waals surface area contributed by atoms with Crippen LogP contribution in [0.15, 0.2) is 0 Å². The van der Waals surface area contributed by atoms with Crippen molar-refractivity contribution in [2.75, 3.05) is 13.1 Å². The lowest BCUT2D eigenvalue weighted by Crippen LogP contribution is -2.52. The van der Waals surface area contributed by atoms with E-state index in [0.29, 0.717) is 21.7 Å². The Morgan fingerprint density at radius 2 is 1.67 bits per heavy atom. The molecule has 0 saturated carbocycles. The minimum Gasteiger partial charge on any atom is -0.329 e. The van der Waals surface area contributed by atoms with Crippen LogP contribution in [-0.4, -0.2) is 26.8 Å². The Balaban J connectivity index is 3.85. The van der Waals surface area contributed by atoms with E-state index in [1.165, 1.54) is 5.12 Å². The zero-order chi connectivity index (χ0) is 9.56. The third-order valence-electron chi connectivity index (χ3n) is 0.814. The van der Waals surface area contributed by atoms with Crippen molar-refractivity contribution in [1.82, 2.24) is 16.0 Å². The number of thiol groups is 2. The molecule has 0 rings (SSSR count). The van der Waals surface area contributed by atoms with E-state index < -0.39 is 0 Å². The SMILES string of the molecule is NCCN(NC(=S)S)NC(=S)S. The third-order valence-corrected chi connectivity index (χ3v) is 1.20. The van der Waals surface area contributed by atoms with Crippen LogP contribution < -0.4 is 16.6 Å². The van der Waals surface area contributed by atoms with Crippen LogP contribution >= 0.6 is 49.7 Å². The van der Waals surface area contributed by atoms with Crippen LogP contribution in [0.25, 0.3) is 0 Å². The van der Waals surface area contributed by atoms with Crippen LogP contribution in [0, 0.1) is 0 Å². The Bertz CT molecular complexity index is 156. The number of hydrogen-bond acceptors (Lipinski definition) is 4. The predicted molar refractivity (Wildman–Crippen MR) is 65.2 cm³/mol. The predicted octanol–water partition coefficient (Wildman–Crippen LogP) is -0.314. The highest BCUT2D eigenvalue weighted by Gasteiger charge is 2.02. The first kappa shape index (κ1) is 12.4. The van der Waals surface area contributed by atoms with Gasteiger partial charge < -0.3 is 5.73 Å².